The van der Waals surface area contributed by atoms with Crippen LogP contribution in [0.5, 0.6) is 0 Å². The number of hydrogen-bond acceptors (Lipinski definition) is 4. The van der Waals surface area contributed by atoms with Crippen molar-refractivity contribution in [2.24, 2.45) is 0 Å². The van der Waals surface area contributed by atoms with E-state index < -0.39 is 23.6 Å². The molecular weight excluding hydrogens is 343 g/mol. The number of benzene rings is 1. The Morgan fingerprint density at radius 1 is 1.17 bits per heavy atom. The second-order valence-corrected chi connectivity index (χ2v) is 5.48. The van der Waals surface area contributed by atoms with Crippen LogP contribution in [-0.2, 0) is 9.53 Å². The van der Waals surface area contributed by atoms with Crippen LogP contribution in [0, 0.1) is 0 Å². The Morgan fingerprint density at radius 2 is 1.83 bits per heavy atom. The molecule has 8 heteroatoms. The molecule has 0 unspecified atom stereocenters. The van der Waals surface area contributed by atoms with E-state index in [1.807, 2.05) is 0 Å². The third-order valence-corrected chi connectivity index (χ3v) is 3.80. The fourth-order valence-corrected chi connectivity index (χ4v) is 2.68. The van der Waals surface area contributed by atoms with Gasteiger partial charge in [-0.2, -0.15) is 13.2 Å². The van der Waals surface area contributed by atoms with Crippen LogP contribution in [0.25, 0.3) is 5.57 Å². The summed E-state index contributed by atoms with van der Waals surface area (Å²) >= 11 is 1.01. The first-order valence-electron chi connectivity index (χ1n) is 6.64. The number of methoxy groups -OCH3 is 1. The lowest BCUT2D eigenvalue weighted by Gasteiger charge is -2.12. The Hall–Kier alpha value is -2.61. The third-order valence-electron chi connectivity index (χ3n) is 2.97. The first kappa shape index (κ1) is 17.7. The minimum Gasteiger partial charge on any atom is -0.465 e. The van der Waals surface area contributed by atoms with Crippen LogP contribution in [0.15, 0.2) is 47.9 Å². The van der Waals surface area contributed by atoms with Gasteiger partial charge < -0.3 is 10.1 Å². The van der Waals surface area contributed by atoms with Gasteiger partial charge in [-0.3, -0.25) is 4.79 Å². The summed E-state index contributed by atoms with van der Waals surface area (Å²) in [6.45, 7) is 0. The van der Waals surface area contributed by atoms with E-state index in [4.69, 9.17) is 0 Å². The number of ether oxygens (including phenoxy) is 1. The van der Waals surface area contributed by atoms with Gasteiger partial charge in [-0.15, -0.1) is 11.3 Å². The molecule has 4 nitrogen and oxygen atoms in total. The minimum atomic E-state index is -4.70. The molecular formula is C16H12F3NO3S. The summed E-state index contributed by atoms with van der Waals surface area (Å²) < 4.78 is 44.1. The molecule has 1 amide bonds. The number of hydrogen-bond donors (Lipinski definition) is 1. The van der Waals surface area contributed by atoms with Crippen molar-refractivity contribution >= 4 is 33.8 Å². The largest absolute Gasteiger partial charge is 0.465 e. The zero-order valence-electron chi connectivity index (χ0n) is 12.4. The lowest BCUT2D eigenvalue weighted by Crippen LogP contribution is -2.16. The van der Waals surface area contributed by atoms with Crippen LogP contribution < -0.4 is 5.32 Å². The van der Waals surface area contributed by atoms with Crippen LogP contribution in [0.4, 0.5) is 18.2 Å². The summed E-state index contributed by atoms with van der Waals surface area (Å²) in [6.07, 6.45) is -4.23. The average Bonchev–Trinajstić information content (AvgIpc) is 2.99. The fourth-order valence-electron chi connectivity index (χ4n) is 1.90. The van der Waals surface area contributed by atoms with Crippen LogP contribution in [0.3, 0.4) is 0 Å². The maximum atomic E-state index is 13.2. The van der Waals surface area contributed by atoms with E-state index in [0.29, 0.717) is 6.08 Å². The second-order valence-electron chi connectivity index (χ2n) is 4.57. The van der Waals surface area contributed by atoms with Crippen LogP contribution >= 0.6 is 11.3 Å². The van der Waals surface area contributed by atoms with Gasteiger partial charge in [0.05, 0.1) is 18.2 Å². The molecule has 0 spiro atoms. The Balaban J connectivity index is 2.29. The molecule has 0 saturated carbocycles. The predicted octanol–water partition coefficient (Wildman–Crippen LogP) is 4.12. The van der Waals surface area contributed by atoms with Crippen molar-refractivity contribution in [3.8, 4) is 0 Å². The Morgan fingerprint density at radius 3 is 2.42 bits per heavy atom. The number of thiophene rings is 1. The number of rotatable bonds is 4. The smallest absolute Gasteiger partial charge is 0.417 e. The molecule has 1 heterocycles. The highest BCUT2D eigenvalue weighted by Crippen LogP contribution is 2.34. The van der Waals surface area contributed by atoms with Crippen molar-refractivity contribution in [3.05, 3.63) is 59.0 Å². The van der Waals surface area contributed by atoms with Gasteiger partial charge in [-0.05, 0) is 17.0 Å². The first-order chi connectivity index (χ1) is 11.3. The van der Waals surface area contributed by atoms with Crippen molar-refractivity contribution in [1.29, 1.82) is 0 Å². The van der Waals surface area contributed by atoms with Crippen molar-refractivity contribution in [2.75, 3.05) is 12.4 Å². The number of allylic oxidation sites excluding steroid dienone is 1. The standard InChI is InChI=1S/C16H12F3NO3S/c1-23-15(22)11-7-8-24-14(11)20-13(21)9-12(16(17,18)19)10-5-3-2-4-6-10/h2-9H,1H3,(H,20,21)/b12-9-. The average molecular weight is 355 g/mol. The number of amides is 1. The molecule has 0 atom stereocenters. The Kier molecular flexibility index (Phi) is 5.40. The zero-order valence-corrected chi connectivity index (χ0v) is 13.2. The van der Waals surface area contributed by atoms with Crippen molar-refractivity contribution in [2.45, 2.75) is 6.18 Å². The Labute approximate surface area is 139 Å². The molecule has 0 aliphatic heterocycles. The molecule has 0 fully saturated rings. The summed E-state index contributed by atoms with van der Waals surface area (Å²) in [5, 5.41) is 3.92. The van der Waals surface area contributed by atoms with E-state index >= 15 is 0 Å². The summed E-state index contributed by atoms with van der Waals surface area (Å²) in [5.74, 6) is -1.67. The SMILES string of the molecule is COC(=O)c1ccsc1NC(=O)/C=C(/c1ccccc1)C(F)(F)F. The van der Waals surface area contributed by atoms with E-state index in [9.17, 15) is 22.8 Å². The highest BCUT2D eigenvalue weighted by molar-refractivity contribution is 7.14. The predicted molar refractivity (Wildman–Crippen MR) is 84.8 cm³/mol. The van der Waals surface area contributed by atoms with E-state index in [1.54, 1.807) is 6.07 Å². The lowest BCUT2D eigenvalue weighted by molar-refractivity contribution is -0.112. The van der Waals surface area contributed by atoms with Crippen molar-refractivity contribution < 1.29 is 27.5 Å². The summed E-state index contributed by atoms with van der Waals surface area (Å²) in [7, 11) is 1.17. The lowest BCUT2D eigenvalue weighted by atomic mass is 10.1. The van der Waals surface area contributed by atoms with Crippen LogP contribution in [0.1, 0.15) is 15.9 Å². The summed E-state index contributed by atoms with van der Waals surface area (Å²) in [5.41, 5.74) is -1.12. The molecule has 0 aliphatic carbocycles. The maximum Gasteiger partial charge on any atom is 0.417 e. The number of carbonyl (C=O) groups is 2. The van der Waals surface area contributed by atoms with Crippen LogP contribution in [0.2, 0.25) is 0 Å². The van der Waals surface area contributed by atoms with E-state index in [1.165, 1.54) is 42.8 Å². The van der Waals surface area contributed by atoms with Gasteiger partial charge in [-0.1, -0.05) is 30.3 Å². The minimum absolute atomic E-state index is 0.0810. The monoisotopic (exact) mass is 355 g/mol. The molecule has 0 saturated heterocycles. The molecule has 24 heavy (non-hydrogen) atoms. The molecule has 2 rings (SSSR count). The molecule has 126 valence electrons. The molecule has 1 aromatic carbocycles. The van der Waals surface area contributed by atoms with Gasteiger partial charge in [-0.25, -0.2) is 4.79 Å². The van der Waals surface area contributed by atoms with E-state index in [0.717, 1.165) is 11.3 Å². The number of halogens is 3. The third kappa shape index (κ3) is 4.23. The topological polar surface area (TPSA) is 55.4 Å². The molecule has 0 bridgehead atoms. The molecule has 0 radical (unpaired) electrons. The number of esters is 1. The molecule has 2 aromatic rings. The summed E-state index contributed by atoms with van der Waals surface area (Å²) in [6, 6.07) is 8.40. The van der Waals surface area contributed by atoms with E-state index in [-0.39, 0.29) is 16.1 Å². The fraction of sp³-hybridized carbons (Fsp3) is 0.125. The number of carbonyl (C=O) groups excluding carboxylic acids is 2. The first-order valence-corrected chi connectivity index (χ1v) is 7.52. The highest BCUT2D eigenvalue weighted by Gasteiger charge is 2.35. The van der Waals surface area contributed by atoms with Gasteiger partial charge >= 0.3 is 12.1 Å². The number of alkyl halides is 3. The van der Waals surface area contributed by atoms with Crippen LogP contribution in [-0.4, -0.2) is 25.2 Å². The van der Waals surface area contributed by atoms with Gasteiger partial charge in [0.1, 0.15) is 5.00 Å². The van der Waals surface area contributed by atoms with E-state index in [2.05, 4.69) is 10.1 Å². The Bertz CT molecular complexity index is 766. The molecule has 1 N–H and O–H groups in total. The van der Waals surface area contributed by atoms with Gasteiger partial charge in [0.25, 0.3) is 0 Å². The van der Waals surface area contributed by atoms with Gasteiger partial charge in [0, 0.05) is 6.08 Å². The second kappa shape index (κ2) is 7.31. The zero-order chi connectivity index (χ0) is 17.7. The molecule has 1 aromatic heterocycles. The van der Waals surface area contributed by atoms with Crippen molar-refractivity contribution in [3.63, 3.8) is 0 Å². The normalized spacial score (nSPS) is 11.9. The van der Waals surface area contributed by atoms with Gasteiger partial charge in [0.2, 0.25) is 5.91 Å². The maximum absolute atomic E-state index is 13.2. The number of nitrogens with one attached hydrogen (secondary N) is 1. The summed E-state index contributed by atoms with van der Waals surface area (Å²) in [4.78, 5) is 23.5. The van der Waals surface area contributed by atoms with Crippen molar-refractivity contribution in [1.82, 2.24) is 0 Å². The van der Waals surface area contributed by atoms with Gasteiger partial charge in [0.15, 0.2) is 0 Å². The highest BCUT2D eigenvalue weighted by atomic mass is 32.1. The quantitative estimate of drug-likeness (QED) is 0.663. The molecule has 0 aliphatic rings. The number of anilines is 1.